The summed E-state index contributed by atoms with van der Waals surface area (Å²) in [5, 5.41) is 17.3. The molecule has 0 spiro atoms. The van der Waals surface area contributed by atoms with E-state index >= 15 is 4.39 Å². The van der Waals surface area contributed by atoms with Crippen LogP contribution in [0.2, 0.25) is 0 Å². The van der Waals surface area contributed by atoms with Gasteiger partial charge in [-0.25, -0.2) is 18.6 Å². The highest BCUT2D eigenvalue weighted by molar-refractivity contribution is 6.12. The summed E-state index contributed by atoms with van der Waals surface area (Å²) in [5.74, 6) is -2.58. The molecule has 0 radical (unpaired) electrons. The molecule has 2 aromatic carbocycles. The number of benzene rings is 2. The zero-order chi connectivity index (χ0) is 33.8. The van der Waals surface area contributed by atoms with E-state index in [0.29, 0.717) is 32.7 Å². The van der Waals surface area contributed by atoms with Crippen molar-refractivity contribution in [3.05, 3.63) is 113 Å². The predicted molar refractivity (Wildman–Crippen MR) is 172 cm³/mol. The molecule has 47 heavy (non-hydrogen) atoms. The number of pyridine rings is 2. The Morgan fingerprint density at radius 1 is 0.979 bits per heavy atom. The Balaban J connectivity index is 1.57. The van der Waals surface area contributed by atoms with Crippen LogP contribution in [0, 0.1) is 18.7 Å². The van der Waals surface area contributed by atoms with Crippen LogP contribution in [0.15, 0.2) is 72.9 Å². The molecule has 2 N–H and O–H groups in total. The molecular weight excluding hydrogens is 604 g/mol. The maximum Gasteiger partial charge on any atom is 0.414 e. The van der Waals surface area contributed by atoms with Crippen molar-refractivity contribution < 1.29 is 28.3 Å². The molecule has 5 aromatic rings. The Hall–Kier alpha value is -5.45. The van der Waals surface area contributed by atoms with Gasteiger partial charge in [0, 0.05) is 30.4 Å². The number of rotatable bonds is 6. The summed E-state index contributed by atoms with van der Waals surface area (Å²) in [6.45, 7) is 7.50. The minimum absolute atomic E-state index is 0.00115. The van der Waals surface area contributed by atoms with Crippen molar-refractivity contribution in [1.29, 1.82) is 0 Å². The number of carboxylic acid groups (broad SMARTS) is 1. The molecule has 240 valence electrons. The van der Waals surface area contributed by atoms with E-state index < -0.39 is 34.7 Å². The Labute approximate surface area is 269 Å². The fraction of sp³-hybridized carbons (Fsp3) is 0.250. The number of aryl methyl sites for hydroxylation is 1. The first kappa shape index (κ1) is 31.5. The van der Waals surface area contributed by atoms with Crippen LogP contribution < -0.4 is 5.32 Å². The van der Waals surface area contributed by atoms with Gasteiger partial charge in [0.1, 0.15) is 11.5 Å². The van der Waals surface area contributed by atoms with Gasteiger partial charge in [-0.2, -0.15) is 9.49 Å². The third kappa shape index (κ3) is 5.62. The minimum Gasteiger partial charge on any atom is -0.465 e. The second-order valence-electron chi connectivity index (χ2n) is 12.9. The SMILES string of the molecule is Cc1ccc(C(=O)NC2(c3ccccn3)CC2)cc1-c1cc(F)n2nc(-c3ccc(F)cc3)c(C(=O)N(C)C(=O)O)c2c1C(C)(C)C. The van der Waals surface area contributed by atoms with Crippen LogP contribution in [-0.4, -0.2) is 49.6 Å². The summed E-state index contributed by atoms with van der Waals surface area (Å²) in [6.07, 6.45) is 1.69. The van der Waals surface area contributed by atoms with Crippen LogP contribution in [0.25, 0.3) is 27.9 Å². The van der Waals surface area contributed by atoms with Crippen molar-refractivity contribution in [3.63, 3.8) is 0 Å². The van der Waals surface area contributed by atoms with Crippen molar-refractivity contribution in [3.8, 4) is 22.4 Å². The molecule has 1 fully saturated rings. The van der Waals surface area contributed by atoms with Gasteiger partial charge in [-0.05, 0) is 96.0 Å². The van der Waals surface area contributed by atoms with E-state index in [-0.39, 0.29) is 22.7 Å². The highest BCUT2D eigenvalue weighted by Gasteiger charge is 2.47. The zero-order valence-corrected chi connectivity index (χ0v) is 26.6. The van der Waals surface area contributed by atoms with Crippen LogP contribution in [0.4, 0.5) is 13.6 Å². The van der Waals surface area contributed by atoms with Gasteiger partial charge in [0.05, 0.1) is 22.3 Å². The topological polar surface area (TPSA) is 117 Å². The number of fused-ring (bicyclic) bond motifs is 1. The molecule has 0 aliphatic heterocycles. The van der Waals surface area contributed by atoms with Gasteiger partial charge >= 0.3 is 6.09 Å². The molecule has 3 amide bonds. The molecule has 3 aromatic heterocycles. The van der Waals surface area contributed by atoms with E-state index in [4.69, 9.17) is 0 Å². The highest BCUT2D eigenvalue weighted by atomic mass is 19.1. The van der Waals surface area contributed by atoms with Gasteiger partial charge in [-0.15, -0.1) is 0 Å². The predicted octanol–water partition coefficient (Wildman–Crippen LogP) is 7.12. The summed E-state index contributed by atoms with van der Waals surface area (Å²) in [5.41, 5.74) is 2.29. The second kappa shape index (κ2) is 11.4. The number of amides is 3. The maximum absolute atomic E-state index is 16.2. The molecule has 11 heteroatoms. The van der Waals surface area contributed by atoms with Gasteiger partial charge in [-0.1, -0.05) is 32.9 Å². The second-order valence-corrected chi connectivity index (χ2v) is 12.9. The largest absolute Gasteiger partial charge is 0.465 e. The van der Waals surface area contributed by atoms with Crippen LogP contribution in [0.5, 0.6) is 0 Å². The number of nitrogens with one attached hydrogen (secondary N) is 1. The molecule has 0 bridgehead atoms. The van der Waals surface area contributed by atoms with E-state index in [1.54, 1.807) is 24.4 Å². The Morgan fingerprint density at radius 3 is 2.28 bits per heavy atom. The van der Waals surface area contributed by atoms with Crippen molar-refractivity contribution in [1.82, 2.24) is 24.8 Å². The molecular formula is C36H33F2N5O4. The summed E-state index contributed by atoms with van der Waals surface area (Å²) in [7, 11) is 1.10. The monoisotopic (exact) mass is 637 g/mol. The summed E-state index contributed by atoms with van der Waals surface area (Å²) >= 11 is 0. The summed E-state index contributed by atoms with van der Waals surface area (Å²) in [6, 6.07) is 17.2. The van der Waals surface area contributed by atoms with Crippen LogP contribution >= 0.6 is 0 Å². The van der Waals surface area contributed by atoms with Gasteiger partial charge in [0.15, 0.2) is 0 Å². The van der Waals surface area contributed by atoms with E-state index in [1.165, 1.54) is 30.3 Å². The number of aromatic nitrogens is 3. The number of carbonyl (C=O) groups excluding carboxylic acids is 2. The molecule has 9 nitrogen and oxygen atoms in total. The van der Waals surface area contributed by atoms with E-state index in [9.17, 15) is 23.9 Å². The lowest BCUT2D eigenvalue weighted by atomic mass is 9.79. The van der Waals surface area contributed by atoms with Crippen molar-refractivity contribution in [2.24, 2.45) is 0 Å². The normalized spacial score (nSPS) is 13.8. The number of hydrogen-bond acceptors (Lipinski definition) is 5. The lowest BCUT2D eigenvalue weighted by Gasteiger charge is -2.26. The summed E-state index contributed by atoms with van der Waals surface area (Å²) in [4.78, 5) is 44.4. The lowest BCUT2D eigenvalue weighted by molar-refractivity contribution is 0.0783. The highest BCUT2D eigenvalue weighted by Crippen LogP contribution is 2.45. The molecule has 1 aliphatic carbocycles. The van der Waals surface area contributed by atoms with Crippen molar-refractivity contribution >= 4 is 23.4 Å². The lowest BCUT2D eigenvalue weighted by Crippen LogP contribution is -2.35. The quantitative estimate of drug-likeness (QED) is 0.192. The van der Waals surface area contributed by atoms with Gasteiger partial charge in [-0.3, -0.25) is 14.6 Å². The minimum atomic E-state index is -1.51. The fourth-order valence-corrected chi connectivity index (χ4v) is 5.98. The van der Waals surface area contributed by atoms with E-state index in [0.717, 1.165) is 35.7 Å². The standard InChI is InChI=1S/C36H33F2N5O4/c1-20-9-10-22(32(44)40-36(15-16-36)26-8-6-7-17-39-26)18-24(20)25-19-27(38)43-31(29(25)35(2,3)4)28(33(45)42(5)34(46)47)30(41-43)21-11-13-23(37)14-12-21/h6-14,17-19H,15-16H2,1-5H3,(H,40,44)(H,46,47). The van der Waals surface area contributed by atoms with Gasteiger partial charge in [0.2, 0.25) is 5.95 Å². The maximum atomic E-state index is 16.2. The average molecular weight is 638 g/mol. The molecule has 3 heterocycles. The molecule has 0 unspecified atom stereocenters. The van der Waals surface area contributed by atoms with E-state index in [1.807, 2.05) is 45.9 Å². The third-order valence-corrected chi connectivity index (χ3v) is 8.58. The van der Waals surface area contributed by atoms with Crippen LogP contribution in [-0.2, 0) is 11.0 Å². The van der Waals surface area contributed by atoms with Crippen molar-refractivity contribution in [2.75, 3.05) is 7.05 Å². The van der Waals surface area contributed by atoms with E-state index in [2.05, 4.69) is 15.4 Å². The number of carbonyl (C=O) groups is 3. The number of imide groups is 1. The van der Waals surface area contributed by atoms with Crippen molar-refractivity contribution in [2.45, 2.75) is 51.5 Å². The molecule has 1 aliphatic rings. The zero-order valence-electron chi connectivity index (χ0n) is 26.6. The first-order valence-corrected chi connectivity index (χ1v) is 15.1. The smallest absolute Gasteiger partial charge is 0.414 e. The Morgan fingerprint density at radius 2 is 1.68 bits per heavy atom. The van der Waals surface area contributed by atoms with Gasteiger partial charge < -0.3 is 10.4 Å². The van der Waals surface area contributed by atoms with Gasteiger partial charge in [0.25, 0.3) is 11.8 Å². The number of nitrogens with zero attached hydrogens (tertiary/aromatic N) is 4. The fourth-order valence-electron chi connectivity index (χ4n) is 5.98. The Kier molecular flexibility index (Phi) is 7.66. The third-order valence-electron chi connectivity index (χ3n) is 8.58. The Bertz CT molecular complexity index is 2060. The van der Waals surface area contributed by atoms with Crippen LogP contribution in [0.3, 0.4) is 0 Å². The summed E-state index contributed by atoms with van der Waals surface area (Å²) < 4.78 is 31.1. The number of halogens is 2. The van der Waals surface area contributed by atoms with Crippen LogP contribution in [0.1, 0.15) is 71.1 Å². The average Bonchev–Trinajstić information content (AvgIpc) is 3.71. The molecule has 0 atom stereocenters. The molecule has 0 saturated heterocycles. The molecule has 1 saturated carbocycles. The first-order valence-electron chi connectivity index (χ1n) is 15.1. The molecule has 6 rings (SSSR count). The first-order chi connectivity index (χ1) is 22.2. The number of hydrogen-bond donors (Lipinski definition) is 2.